The van der Waals surface area contributed by atoms with E-state index in [0.717, 1.165) is 32.2 Å². The average Bonchev–Trinajstić information content (AvgIpc) is 2.25. The maximum Gasteiger partial charge on any atom is 0.308 e. The van der Waals surface area contributed by atoms with Crippen LogP contribution >= 0.6 is 0 Å². The van der Waals surface area contributed by atoms with Gasteiger partial charge in [-0.05, 0) is 45.2 Å². The van der Waals surface area contributed by atoms with Gasteiger partial charge in [0.25, 0.3) is 0 Å². The Bertz CT molecular complexity index is 230. The van der Waals surface area contributed by atoms with Gasteiger partial charge in [0, 0.05) is 6.04 Å². The van der Waals surface area contributed by atoms with Crippen LogP contribution in [0.2, 0.25) is 0 Å². The van der Waals surface area contributed by atoms with Gasteiger partial charge in [0.1, 0.15) is 0 Å². The van der Waals surface area contributed by atoms with Crippen molar-refractivity contribution in [2.75, 3.05) is 13.6 Å². The molecule has 3 unspecified atom stereocenters. The minimum Gasteiger partial charge on any atom is -0.481 e. The van der Waals surface area contributed by atoms with Crippen molar-refractivity contribution in [1.82, 2.24) is 4.90 Å². The summed E-state index contributed by atoms with van der Waals surface area (Å²) in [5, 5.41) is 9.24. The molecule has 1 rings (SSSR count). The molecule has 94 valence electrons. The molecule has 0 aromatic carbocycles. The lowest BCUT2D eigenvalue weighted by Crippen LogP contribution is -2.45. The topological polar surface area (TPSA) is 40.5 Å². The molecule has 1 aliphatic carbocycles. The van der Waals surface area contributed by atoms with Gasteiger partial charge in [-0.1, -0.05) is 20.3 Å². The summed E-state index contributed by atoms with van der Waals surface area (Å²) in [4.78, 5) is 13.5. The highest BCUT2D eigenvalue weighted by molar-refractivity contribution is 5.71. The average molecular weight is 227 g/mol. The maximum absolute atomic E-state index is 11.2. The fraction of sp³-hybridized carbons (Fsp3) is 0.923. The van der Waals surface area contributed by atoms with Gasteiger partial charge in [-0.15, -0.1) is 0 Å². The molecule has 0 saturated heterocycles. The molecule has 1 fully saturated rings. The van der Waals surface area contributed by atoms with E-state index in [9.17, 15) is 9.90 Å². The van der Waals surface area contributed by atoms with Gasteiger partial charge in [-0.2, -0.15) is 0 Å². The summed E-state index contributed by atoms with van der Waals surface area (Å²) in [7, 11) is 2.08. The highest BCUT2D eigenvalue weighted by atomic mass is 16.4. The van der Waals surface area contributed by atoms with E-state index >= 15 is 0 Å². The molecule has 0 bridgehead atoms. The van der Waals surface area contributed by atoms with Gasteiger partial charge < -0.3 is 10.0 Å². The Balaban J connectivity index is 2.59. The van der Waals surface area contributed by atoms with Crippen LogP contribution in [0.5, 0.6) is 0 Å². The molecule has 16 heavy (non-hydrogen) atoms. The molecule has 0 aromatic heterocycles. The van der Waals surface area contributed by atoms with Gasteiger partial charge in [-0.25, -0.2) is 0 Å². The van der Waals surface area contributed by atoms with Crippen LogP contribution in [0.3, 0.4) is 0 Å². The van der Waals surface area contributed by atoms with E-state index in [-0.39, 0.29) is 12.0 Å². The molecule has 1 saturated carbocycles. The largest absolute Gasteiger partial charge is 0.481 e. The van der Waals surface area contributed by atoms with Gasteiger partial charge in [0.2, 0.25) is 0 Å². The van der Waals surface area contributed by atoms with Crippen LogP contribution in [-0.4, -0.2) is 35.6 Å². The SMILES string of the molecule is CCCCN(C)C1CC(C)CCC1C(=O)O. The number of aliphatic carboxylic acids is 1. The van der Waals surface area contributed by atoms with Crippen molar-refractivity contribution >= 4 is 5.97 Å². The second kappa shape index (κ2) is 6.24. The van der Waals surface area contributed by atoms with Crippen LogP contribution in [0.15, 0.2) is 0 Å². The van der Waals surface area contributed by atoms with E-state index in [0.29, 0.717) is 5.92 Å². The zero-order chi connectivity index (χ0) is 12.1. The van der Waals surface area contributed by atoms with Crippen molar-refractivity contribution in [2.24, 2.45) is 11.8 Å². The minimum atomic E-state index is -0.611. The number of carbonyl (C=O) groups is 1. The van der Waals surface area contributed by atoms with Crippen molar-refractivity contribution in [3.05, 3.63) is 0 Å². The summed E-state index contributed by atoms with van der Waals surface area (Å²) < 4.78 is 0. The summed E-state index contributed by atoms with van der Waals surface area (Å²) in [5.41, 5.74) is 0. The molecule has 0 aromatic rings. The Morgan fingerprint density at radius 3 is 2.69 bits per heavy atom. The highest BCUT2D eigenvalue weighted by Gasteiger charge is 2.35. The molecular formula is C13H25NO2. The van der Waals surface area contributed by atoms with Crippen LogP contribution < -0.4 is 0 Å². The molecule has 1 N–H and O–H groups in total. The fourth-order valence-corrected chi connectivity index (χ4v) is 2.70. The lowest BCUT2D eigenvalue weighted by molar-refractivity contribution is -0.145. The van der Waals surface area contributed by atoms with Gasteiger partial charge in [-0.3, -0.25) is 4.79 Å². The zero-order valence-corrected chi connectivity index (χ0v) is 10.8. The van der Waals surface area contributed by atoms with E-state index in [1.807, 2.05) is 0 Å². The first-order valence-electron chi connectivity index (χ1n) is 6.49. The molecule has 3 heteroatoms. The number of carboxylic acid groups (broad SMARTS) is 1. The summed E-state index contributed by atoms with van der Waals surface area (Å²) >= 11 is 0. The van der Waals surface area contributed by atoms with Crippen molar-refractivity contribution in [3.63, 3.8) is 0 Å². The number of carboxylic acids is 1. The quantitative estimate of drug-likeness (QED) is 0.785. The third kappa shape index (κ3) is 3.48. The second-order valence-corrected chi connectivity index (χ2v) is 5.26. The van der Waals surface area contributed by atoms with Crippen LogP contribution in [0.4, 0.5) is 0 Å². The number of hydrogen-bond acceptors (Lipinski definition) is 2. The molecule has 1 aliphatic rings. The van der Waals surface area contributed by atoms with Crippen molar-refractivity contribution in [3.8, 4) is 0 Å². The predicted octanol–water partition coefficient (Wildman–Crippen LogP) is 2.61. The third-order valence-electron chi connectivity index (χ3n) is 3.83. The van der Waals surface area contributed by atoms with Crippen molar-refractivity contribution < 1.29 is 9.90 Å². The highest BCUT2D eigenvalue weighted by Crippen LogP contribution is 2.32. The molecule has 0 spiro atoms. The molecule has 0 radical (unpaired) electrons. The number of unbranched alkanes of at least 4 members (excludes halogenated alkanes) is 1. The standard InChI is InChI=1S/C13H25NO2/c1-4-5-8-14(3)12-9-10(2)6-7-11(12)13(15)16/h10-12H,4-9H2,1-3H3,(H,15,16). The molecule has 3 atom stereocenters. The van der Waals surface area contributed by atoms with E-state index in [1.165, 1.54) is 6.42 Å². The molecule has 0 amide bonds. The van der Waals surface area contributed by atoms with Gasteiger partial charge >= 0.3 is 5.97 Å². The molecular weight excluding hydrogens is 202 g/mol. The lowest BCUT2D eigenvalue weighted by Gasteiger charge is -2.38. The molecule has 0 aliphatic heterocycles. The smallest absolute Gasteiger partial charge is 0.308 e. The van der Waals surface area contributed by atoms with Crippen molar-refractivity contribution in [1.29, 1.82) is 0 Å². The van der Waals surface area contributed by atoms with Crippen molar-refractivity contribution in [2.45, 2.75) is 52.0 Å². The van der Waals surface area contributed by atoms with E-state index in [1.54, 1.807) is 0 Å². The Morgan fingerprint density at radius 1 is 1.44 bits per heavy atom. The first-order chi connectivity index (χ1) is 7.56. The van der Waals surface area contributed by atoms with Crippen LogP contribution in [-0.2, 0) is 4.79 Å². The van der Waals surface area contributed by atoms with E-state index in [4.69, 9.17) is 0 Å². The Kier molecular flexibility index (Phi) is 5.26. The summed E-state index contributed by atoms with van der Waals surface area (Å²) in [6, 6.07) is 0.243. The predicted molar refractivity (Wildman–Crippen MR) is 65.5 cm³/mol. The lowest BCUT2D eigenvalue weighted by atomic mass is 9.78. The van der Waals surface area contributed by atoms with Gasteiger partial charge in [0.15, 0.2) is 0 Å². The van der Waals surface area contributed by atoms with E-state index < -0.39 is 5.97 Å². The normalized spacial score (nSPS) is 30.6. The van der Waals surface area contributed by atoms with E-state index in [2.05, 4.69) is 25.8 Å². The number of rotatable bonds is 5. The summed E-state index contributed by atoms with van der Waals surface area (Å²) in [6.45, 7) is 5.43. The Labute approximate surface area is 98.8 Å². The maximum atomic E-state index is 11.2. The Hall–Kier alpha value is -0.570. The first kappa shape index (κ1) is 13.5. The van der Waals surface area contributed by atoms with Gasteiger partial charge in [0.05, 0.1) is 5.92 Å². The van der Waals surface area contributed by atoms with Crippen LogP contribution in [0.25, 0.3) is 0 Å². The van der Waals surface area contributed by atoms with Crippen LogP contribution in [0, 0.1) is 11.8 Å². The monoisotopic (exact) mass is 227 g/mol. The zero-order valence-electron chi connectivity index (χ0n) is 10.8. The summed E-state index contributed by atoms with van der Waals surface area (Å²) in [5.74, 6) is -0.0945. The second-order valence-electron chi connectivity index (χ2n) is 5.26. The molecule has 3 nitrogen and oxygen atoms in total. The Morgan fingerprint density at radius 2 is 2.12 bits per heavy atom. The number of hydrogen-bond donors (Lipinski definition) is 1. The molecule has 0 heterocycles. The minimum absolute atomic E-state index is 0.155. The third-order valence-corrected chi connectivity index (χ3v) is 3.83. The fourth-order valence-electron chi connectivity index (χ4n) is 2.70. The number of nitrogens with zero attached hydrogens (tertiary/aromatic N) is 1. The first-order valence-corrected chi connectivity index (χ1v) is 6.49. The summed E-state index contributed by atoms with van der Waals surface area (Å²) in [6.07, 6.45) is 5.28. The van der Waals surface area contributed by atoms with Crippen LogP contribution in [0.1, 0.15) is 46.0 Å².